The van der Waals surface area contributed by atoms with Gasteiger partial charge in [0.15, 0.2) is 0 Å². The van der Waals surface area contributed by atoms with Gasteiger partial charge < -0.3 is 15.2 Å². The van der Waals surface area contributed by atoms with E-state index < -0.39 is 29.6 Å². The van der Waals surface area contributed by atoms with Crippen LogP contribution in [-0.2, 0) is 9.53 Å². The first-order valence-corrected chi connectivity index (χ1v) is 6.84. The number of hydrogen-bond donors (Lipinski definition) is 2. The summed E-state index contributed by atoms with van der Waals surface area (Å²) < 4.78 is 5.11. The van der Waals surface area contributed by atoms with Crippen LogP contribution in [-0.4, -0.2) is 34.7 Å². The van der Waals surface area contributed by atoms with Crippen LogP contribution in [0.15, 0.2) is 0 Å². The molecule has 0 saturated heterocycles. The van der Waals surface area contributed by atoms with Crippen LogP contribution in [0.1, 0.15) is 46.5 Å². The molecule has 0 radical (unpaired) electrons. The third-order valence-electron chi connectivity index (χ3n) is 3.27. The van der Waals surface area contributed by atoms with Gasteiger partial charge in [0, 0.05) is 0 Å². The molecule has 1 fully saturated rings. The lowest BCUT2D eigenvalue weighted by molar-refractivity contribution is -0.123. The number of nitrogens with one attached hydrogen (secondary N) is 1. The minimum absolute atomic E-state index is 0.371. The third kappa shape index (κ3) is 5.17. The van der Waals surface area contributed by atoms with Gasteiger partial charge in [0.25, 0.3) is 5.78 Å². The van der Waals surface area contributed by atoms with Crippen molar-refractivity contribution in [3.05, 3.63) is 0 Å². The fraction of sp³-hybridized carbons (Fsp3) is 0.786. The van der Waals surface area contributed by atoms with Gasteiger partial charge in [0.1, 0.15) is 17.8 Å². The number of carbonyl (C=O) groups excluding carboxylic acids is 2. The summed E-state index contributed by atoms with van der Waals surface area (Å²) in [5.74, 6) is -0.568. The Morgan fingerprint density at radius 1 is 1.45 bits per heavy atom. The zero-order valence-corrected chi connectivity index (χ0v) is 12.2. The minimum atomic E-state index is -1.51. The second kappa shape index (κ2) is 6.71. The number of nitriles is 1. The molecule has 1 aliphatic carbocycles. The molecule has 0 aromatic carbocycles. The highest BCUT2D eigenvalue weighted by Gasteiger charge is 2.32. The lowest BCUT2D eigenvalue weighted by Gasteiger charge is -2.32. The molecule has 1 aliphatic rings. The maximum absolute atomic E-state index is 11.7. The van der Waals surface area contributed by atoms with E-state index in [0.29, 0.717) is 12.3 Å². The van der Waals surface area contributed by atoms with Crippen LogP contribution in [0, 0.1) is 17.2 Å². The maximum Gasteiger partial charge on any atom is 0.407 e. The van der Waals surface area contributed by atoms with Crippen molar-refractivity contribution in [2.24, 2.45) is 5.92 Å². The third-order valence-corrected chi connectivity index (χ3v) is 3.27. The summed E-state index contributed by atoms with van der Waals surface area (Å²) in [7, 11) is 0. The van der Waals surface area contributed by atoms with Crippen LogP contribution in [0.4, 0.5) is 4.79 Å². The Labute approximate surface area is 119 Å². The van der Waals surface area contributed by atoms with E-state index in [1.807, 2.05) is 0 Å². The number of hydrogen-bond acceptors (Lipinski definition) is 5. The molecule has 1 saturated carbocycles. The summed E-state index contributed by atoms with van der Waals surface area (Å²) in [5.41, 5.74) is -0.657. The van der Waals surface area contributed by atoms with E-state index in [-0.39, 0.29) is 0 Å². The van der Waals surface area contributed by atoms with Gasteiger partial charge in [-0.2, -0.15) is 5.26 Å². The molecule has 0 aliphatic heterocycles. The number of nitrogens with zero attached hydrogens (tertiary/aromatic N) is 1. The van der Waals surface area contributed by atoms with Crippen molar-refractivity contribution >= 4 is 11.9 Å². The van der Waals surface area contributed by atoms with Crippen molar-refractivity contribution in [3.8, 4) is 6.07 Å². The first-order valence-electron chi connectivity index (χ1n) is 6.84. The van der Waals surface area contributed by atoms with E-state index in [1.54, 1.807) is 20.8 Å². The van der Waals surface area contributed by atoms with E-state index in [4.69, 9.17) is 10.00 Å². The predicted octanol–water partition coefficient (Wildman–Crippen LogP) is 1.52. The Kier molecular flexibility index (Phi) is 5.52. The standard InChI is InChI=1S/C14H22N2O4/c1-14(2,3)20-13(19)16-10(7-9-5-4-6-9)12(18)11(17)8-15/h9-10,12,18H,4-7H2,1-3H3,(H,16,19). The Morgan fingerprint density at radius 3 is 2.45 bits per heavy atom. The van der Waals surface area contributed by atoms with E-state index in [0.717, 1.165) is 19.3 Å². The van der Waals surface area contributed by atoms with Crippen molar-refractivity contribution < 1.29 is 19.4 Å². The van der Waals surface area contributed by atoms with Gasteiger partial charge >= 0.3 is 6.09 Å². The normalized spacial score (nSPS) is 18.4. The van der Waals surface area contributed by atoms with Crippen LogP contribution < -0.4 is 5.32 Å². The number of ether oxygens (including phenoxy) is 1. The average Bonchev–Trinajstić information content (AvgIpc) is 2.27. The number of aliphatic hydroxyl groups excluding tert-OH is 1. The van der Waals surface area contributed by atoms with Crippen LogP contribution in [0.2, 0.25) is 0 Å². The molecular formula is C14H22N2O4. The number of Topliss-reactive ketones (excluding diaryl/α,β-unsaturated/α-hetero) is 1. The lowest BCUT2D eigenvalue weighted by Crippen LogP contribution is -2.49. The number of ketones is 1. The van der Waals surface area contributed by atoms with Gasteiger partial charge in [-0.1, -0.05) is 19.3 Å². The van der Waals surface area contributed by atoms with Crippen molar-refractivity contribution in [1.82, 2.24) is 5.32 Å². The first kappa shape index (κ1) is 16.4. The van der Waals surface area contributed by atoms with E-state index in [2.05, 4.69) is 5.32 Å². The van der Waals surface area contributed by atoms with Gasteiger partial charge in [-0.15, -0.1) is 0 Å². The summed E-state index contributed by atoms with van der Waals surface area (Å²) >= 11 is 0. The SMILES string of the molecule is CC(C)(C)OC(=O)NC(CC1CCC1)C(O)C(=O)C#N. The number of amides is 1. The maximum atomic E-state index is 11.7. The van der Waals surface area contributed by atoms with Gasteiger partial charge in [0.05, 0.1) is 6.04 Å². The van der Waals surface area contributed by atoms with Crippen molar-refractivity contribution in [3.63, 3.8) is 0 Å². The molecular weight excluding hydrogens is 260 g/mol. The number of rotatable bonds is 5. The summed E-state index contributed by atoms with van der Waals surface area (Å²) in [4.78, 5) is 23.0. The molecule has 6 heteroatoms. The molecule has 0 aromatic heterocycles. The van der Waals surface area contributed by atoms with E-state index in [1.165, 1.54) is 6.07 Å². The molecule has 0 spiro atoms. The topological polar surface area (TPSA) is 99.4 Å². The lowest BCUT2D eigenvalue weighted by atomic mass is 9.79. The summed E-state index contributed by atoms with van der Waals surface area (Å²) in [6, 6.07) is 0.619. The summed E-state index contributed by atoms with van der Waals surface area (Å²) in [6.07, 6.45) is 1.43. The smallest absolute Gasteiger partial charge is 0.407 e. The molecule has 2 unspecified atom stereocenters. The molecule has 0 bridgehead atoms. The zero-order chi connectivity index (χ0) is 15.3. The predicted molar refractivity (Wildman–Crippen MR) is 71.7 cm³/mol. The molecule has 6 nitrogen and oxygen atoms in total. The van der Waals surface area contributed by atoms with Crippen LogP contribution in [0.3, 0.4) is 0 Å². The average molecular weight is 282 g/mol. The van der Waals surface area contributed by atoms with Crippen LogP contribution in [0.5, 0.6) is 0 Å². The van der Waals surface area contributed by atoms with Gasteiger partial charge in [0.2, 0.25) is 0 Å². The van der Waals surface area contributed by atoms with Crippen molar-refractivity contribution in [2.45, 2.75) is 64.2 Å². The molecule has 20 heavy (non-hydrogen) atoms. The molecule has 2 N–H and O–H groups in total. The van der Waals surface area contributed by atoms with Crippen LogP contribution in [0.25, 0.3) is 0 Å². The fourth-order valence-corrected chi connectivity index (χ4v) is 2.06. The second-order valence-corrected chi connectivity index (χ2v) is 6.21. The summed E-state index contributed by atoms with van der Waals surface area (Å²) in [6.45, 7) is 5.18. The quantitative estimate of drug-likeness (QED) is 0.745. The highest BCUT2D eigenvalue weighted by atomic mass is 16.6. The molecule has 112 valence electrons. The molecule has 1 rings (SSSR count). The largest absolute Gasteiger partial charge is 0.444 e. The Balaban J connectivity index is 2.64. The van der Waals surface area contributed by atoms with Crippen molar-refractivity contribution in [1.29, 1.82) is 5.26 Å². The van der Waals surface area contributed by atoms with E-state index >= 15 is 0 Å². The minimum Gasteiger partial charge on any atom is -0.444 e. The van der Waals surface area contributed by atoms with Crippen molar-refractivity contribution in [2.75, 3.05) is 0 Å². The number of aliphatic hydroxyl groups is 1. The molecule has 0 aromatic rings. The molecule has 0 heterocycles. The van der Waals surface area contributed by atoms with Gasteiger partial charge in [-0.3, -0.25) is 4.79 Å². The Hall–Kier alpha value is -1.61. The number of alkyl carbamates (subject to hydrolysis) is 1. The van der Waals surface area contributed by atoms with E-state index in [9.17, 15) is 14.7 Å². The highest BCUT2D eigenvalue weighted by molar-refractivity contribution is 5.97. The summed E-state index contributed by atoms with van der Waals surface area (Å²) in [5, 5.41) is 20.9. The molecule has 2 atom stereocenters. The highest BCUT2D eigenvalue weighted by Crippen LogP contribution is 2.31. The zero-order valence-electron chi connectivity index (χ0n) is 12.2. The fourth-order valence-electron chi connectivity index (χ4n) is 2.06. The monoisotopic (exact) mass is 282 g/mol. The Bertz CT molecular complexity index is 404. The second-order valence-electron chi connectivity index (χ2n) is 6.21. The van der Waals surface area contributed by atoms with Crippen LogP contribution >= 0.6 is 0 Å². The first-order chi connectivity index (χ1) is 9.23. The molecule has 1 amide bonds. The Morgan fingerprint density at radius 2 is 2.05 bits per heavy atom. The van der Waals surface area contributed by atoms with Gasteiger partial charge in [-0.25, -0.2) is 4.79 Å². The van der Waals surface area contributed by atoms with Gasteiger partial charge in [-0.05, 0) is 33.1 Å². The number of carbonyl (C=O) groups is 2.